The molecule has 2 N–H and O–H groups in total. The second-order valence-electron chi connectivity index (χ2n) is 6.08. The van der Waals surface area contributed by atoms with Crippen LogP contribution in [0.15, 0.2) is 30.3 Å². The summed E-state index contributed by atoms with van der Waals surface area (Å²) in [4.78, 5) is 12.0. The van der Waals surface area contributed by atoms with Crippen LogP contribution in [0.4, 0.5) is 0 Å². The SMILES string of the molecule is COc1ccc(CCCNC(=O)c2cc(CC(C)C)[nH]n2)cc1. The minimum absolute atomic E-state index is 0.119. The zero-order valence-electron chi connectivity index (χ0n) is 14.1. The maximum Gasteiger partial charge on any atom is 0.271 e. The van der Waals surface area contributed by atoms with Gasteiger partial charge in [-0.3, -0.25) is 9.89 Å². The van der Waals surface area contributed by atoms with E-state index < -0.39 is 0 Å². The van der Waals surface area contributed by atoms with Gasteiger partial charge in [0.15, 0.2) is 0 Å². The van der Waals surface area contributed by atoms with Crippen LogP contribution in [0.25, 0.3) is 0 Å². The molecule has 0 spiro atoms. The summed E-state index contributed by atoms with van der Waals surface area (Å²) in [7, 11) is 1.66. The molecule has 0 fully saturated rings. The molecule has 0 atom stereocenters. The van der Waals surface area contributed by atoms with Crippen molar-refractivity contribution in [3.8, 4) is 5.75 Å². The number of aryl methyl sites for hydroxylation is 1. The summed E-state index contributed by atoms with van der Waals surface area (Å²) >= 11 is 0. The molecule has 0 aliphatic carbocycles. The third-order valence-corrected chi connectivity index (χ3v) is 3.58. The van der Waals surface area contributed by atoms with E-state index in [0.717, 1.165) is 30.7 Å². The van der Waals surface area contributed by atoms with Crippen molar-refractivity contribution in [3.63, 3.8) is 0 Å². The second kappa shape index (κ2) is 8.36. The van der Waals surface area contributed by atoms with Gasteiger partial charge in [-0.1, -0.05) is 26.0 Å². The highest BCUT2D eigenvalue weighted by atomic mass is 16.5. The smallest absolute Gasteiger partial charge is 0.271 e. The van der Waals surface area contributed by atoms with Gasteiger partial charge in [-0.05, 0) is 48.9 Å². The van der Waals surface area contributed by atoms with Crippen molar-refractivity contribution in [2.24, 2.45) is 5.92 Å². The number of aromatic nitrogens is 2. The normalized spacial score (nSPS) is 10.8. The maximum atomic E-state index is 12.0. The van der Waals surface area contributed by atoms with Crippen LogP contribution in [-0.2, 0) is 12.8 Å². The molecule has 0 radical (unpaired) electrons. The average molecular weight is 315 g/mol. The van der Waals surface area contributed by atoms with Gasteiger partial charge in [0.05, 0.1) is 7.11 Å². The lowest BCUT2D eigenvalue weighted by molar-refractivity contribution is 0.0948. The molecule has 124 valence electrons. The number of methoxy groups -OCH3 is 1. The van der Waals surface area contributed by atoms with Crippen molar-refractivity contribution >= 4 is 5.91 Å². The van der Waals surface area contributed by atoms with Crippen molar-refractivity contribution < 1.29 is 9.53 Å². The first-order valence-corrected chi connectivity index (χ1v) is 8.04. The molecule has 1 aromatic carbocycles. The van der Waals surface area contributed by atoms with Gasteiger partial charge in [0.25, 0.3) is 5.91 Å². The second-order valence-corrected chi connectivity index (χ2v) is 6.08. The predicted molar refractivity (Wildman–Crippen MR) is 90.8 cm³/mol. The molecular formula is C18H25N3O2. The van der Waals surface area contributed by atoms with Gasteiger partial charge in [0.1, 0.15) is 11.4 Å². The first-order chi connectivity index (χ1) is 11.1. The molecule has 0 saturated heterocycles. The average Bonchev–Trinajstić information content (AvgIpc) is 2.99. The Morgan fingerprint density at radius 2 is 2.04 bits per heavy atom. The topological polar surface area (TPSA) is 67.0 Å². The van der Waals surface area contributed by atoms with Crippen LogP contribution < -0.4 is 10.1 Å². The Labute approximate surface area is 137 Å². The summed E-state index contributed by atoms with van der Waals surface area (Å²) in [6.45, 7) is 4.91. The number of benzene rings is 1. The van der Waals surface area contributed by atoms with Crippen LogP contribution >= 0.6 is 0 Å². The summed E-state index contributed by atoms with van der Waals surface area (Å²) in [5.41, 5.74) is 2.70. The fourth-order valence-electron chi connectivity index (χ4n) is 2.40. The molecule has 1 heterocycles. The van der Waals surface area contributed by atoms with Gasteiger partial charge in [-0.2, -0.15) is 5.10 Å². The van der Waals surface area contributed by atoms with E-state index in [9.17, 15) is 4.79 Å². The minimum Gasteiger partial charge on any atom is -0.497 e. The van der Waals surface area contributed by atoms with E-state index in [1.165, 1.54) is 5.56 Å². The first kappa shape index (κ1) is 17.1. The zero-order chi connectivity index (χ0) is 16.7. The van der Waals surface area contributed by atoms with Crippen LogP contribution in [0, 0.1) is 5.92 Å². The highest BCUT2D eigenvalue weighted by Crippen LogP contribution is 2.12. The monoisotopic (exact) mass is 315 g/mol. The van der Waals surface area contributed by atoms with Gasteiger partial charge in [-0.25, -0.2) is 0 Å². The van der Waals surface area contributed by atoms with E-state index in [1.807, 2.05) is 30.3 Å². The standard InChI is InChI=1S/C18H25N3O2/c1-13(2)11-15-12-17(21-20-15)18(22)19-10-4-5-14-6-8-16(23-3)9-7-14/h6-9,12-13H,4-5,10-11H2,1-3H3,(H,19,22)(H,20,21). The Morgan fingerprint density at radius 3 is 2.70 bits per heavy atom. The Morgan fingerprint density at radius 1 is 1.30 bits per heavy atom. The molecule has 0 aliphatic rings. The van der Waals surface area contributed by atoms with Gasteiger partial charge in [0.2, 0.25) is 0 Å². The van der Waals surface area contributed by atoms with Crippen molar-refractivity contribution in [2.75, 3.05) is 13.7 Å². The molecule has 23 heavy (non-hydrogen) atoms. The molecule has 5 heteroatoms. The molecule has 1 aromatic heterocycles. The summed E-state index contributed by atoms with van der Waals surface area (Å²) in [5, 5.41) is 9.91. The Kier molecular flexibility index (Phi) is 6.20. The molecular weight excluding hydrogens is 290 g/mol. The van der Waals surface area contributed by atoms with Crippen molar-refractivity contribution in [1.29, 1.82) is 0 Å². The third kappa shape index (κ3) is 5.43. The number of hydrogen-bond acceptors (Lipinski definition) is 3. The summed E-state index contributed by atoms with van der Waals surface area (Å²) < 4.78 is 5.13. The molecule has 1 amide bonds. The number of H-pyrrole nitrogens is 1. The Balaban J connectivity index is 1.72. The predicted octanol–water partition coefficient (Wildman–Crippen LogP) is 2.98. The number of ether oxygens (including phenoxy) is 1. The Hall–Kier alpha value is -2.30. The van der Waals surface area contributed by atoms with E-state index >= 15 is 0 Å². The molecule has 2 rings (SSSR count). The van der Waals surface area contributed by atoms with E-state index in [2.05, 4.69) is 29.4 Å². The van der Waals surface area contributed by atoms with Gasteiger partial charge < -0.3 is 10.1 Å². The Bertz CT molecular complexity index is 617. The molecule has 2 aromatic rings. The fourth-order valence-corrected chi connectivity index (χ4v) is 2.40. The van der Waals surface area contributed by atoms with Gasteiger partial charge in [0, 0.05) is 12.2 Å². The number of aromatic amines is 1. The summed E-state index contributed by atoms with van der Waals surface area (Å²) in [6.07, 6.45) is 2.71. The summed E-state index contributed by atoms with van der Waals surface area (Å²) in [5.74, 6) is 1.28. The van der Waals surface area contributed by atoms with Crippen LogP contribution in [0.1, 0.15) is 42.0 Å². The molecule has 0 unspecified atom stereocenters. The highest BCUT2D eigenvalue weighted by molar-refractivity contribution is 5.92. The number of carbonyl (C=O) groups is 1. The van der Waals surface area contributed by atoms with Crippen LogP contribution in [0.2, 0.25) is 0 Å². The quantitative estimate of drug-likeness (QED) is 0.736. The number of nitrogens with zero attached hydrogens (tertiary/aromatic N) is 1. The van der Waals surface area contributed by atoms with Crippen LogP contribution in [-0.4, -0.2) is 29.8 Å². The minimum atomic E-state index is -0.119. The van der Waals surface area contributed by atoms with E-state index in [4.69, 9.17) is 4.74 Å². The first-order valence-electron chi connectivity index (χ1n) is 8.04. The van der Waals surface area contributed by atoms with Crippen LogP contribution in [0.5, 0.6) is 5.75 Å². The number of rotatable bonds is 8. The number of amides is 1. The number of hydrogen-bond donors (Lipinski definition) is 2. The third-order valence-electron chi connectivity index (χ3n) is 3.58. The van der Waals surface area contributed by atoms with Crippen molar-refractivity contribution in [1.82, 2.24) is 15.5 Å². The lowest BCUT2D eigenvalue weighted by Crippen LogP contribution is -2.25. The van der Waals surface area contributed by atoms with Crippen molar-refractivity contribution in [2.45, 2.75) is 33.1 Å². The van der Waals surface area contributed by atoms with E-state index in [1.54, 1.807) is 7.11 Å². The summed E-state index contributed by atoms with van der Waals surface area (Å²) in [6, 6.07) is 9.83. The van der Waals surface area contributed by atoms with Crippen molar-refractivity contribution in [3.05, 3.63) is 47.3 Å². The van der Waals surface area contributed by atoms with Gasteiger partial charge >= 0.3 is 0 Å². The maximum absolute atomic E-state index is 12.0. The fraction of sp³-hybridized carbons (Fsp3) is 0.444. The molecule has 0 saturated carbocycles. The zero-order valence-corrected chi connectivity index (χ0v) is 14.1. The lowest BCUT2D eigenvalue weighted by atomic mass is 10.1. The highest BCUT2D eigenvalue weighted by Gasteiger charge is 2.10. The number of carbonyl (C=O) groups excluding carboxylic acids is 1. The van der Waals surface area contributed by atoms with E-state index in [-0.39, 0.29) is 5.91 Å². The number of nitrogens with one attached hydrogen (secondary N) is 2. The molecule has 5 nitrogen and oxygen atoms in total. The molecule has 0 bridgehead atoms. The van der Waals surface area contributed by atoms with Crippen LogP contribution in [0.3, 0.4) is 0 Å². The largest absolute Gasteiger partial charge is 0.497 e. The van der Waals surface area contributed by atoms with Gasteiger partial charge in [-0.15, -0.1) is 0 Å². The van der Waals surface area contributed by atoms with E-state index in [0.29, 0.717) is 18.2 Å². The molecule has 0 aliphatic heterocycles. The lowest BCUT2D eigenvalue weighted by Gasteiger charge is -2.05.